The van der Waals surface area contributed by atoms with Crippen LogP contribution in [0.15, 0.2) is 41.1 Å². The lowest BCUT2D eigenvalue weighted by atomic mass is 10.2. The van der Waals surface area contributed by atoms with Crippen molar-refractivity contribution in [3.05, 3.63) is 52.3 Å². The van der Waals surface area contributed by atoms with Crippen LogP contribution in [0.4, 0.5) is 0 Å². The van der Waals surface area contributed by atoms with E-state index >= 15 is 0 Å². The van der Waals surface area contributed by atoms with Crippen LogP contribution in [-0.2, 0) is 0 Å². The van der Waals surface area contributed by atoms with Gasteiger partial charge in [0.2, 0.25) is 0 Å². The lowest BCUT2D eigenvalue weighted by Crippen LogP contribution is -1.71. The third kappa shape index (κ3) is 1.66. The number of hydrogen-bond donors (Lipinski definition) is 1. The summed E-state index contributed by atoms with van der Waals surface area (Å²) >= 11 is 1.70. The first-order valence-electron chi connectivity index (χ1n) is 5.07. The van der Waals surface area contributed by atoms with E-state index in [1.54, 1.807) is 11.3 Å². The highest BCUT2D eigenvalue weighted by Gasteiger charge is 2.00. The molecule has 0 saturated heterocycles. The molecule has 3 rings (SSSR count). The summed E-state index contributed by atoms with van der Waals surface area (Å²) in [5.41, 5.74) is 3.28. The molecular weight excluding hydrogens is 216 g/mol. The maximum atomic E-state index is 4.29. The van der Waals surface area contributed by atoms with Gasteiger partial charge in [0.25, 0.3) is 0 Å². The molecule has 1 aromatic carbocycles. The van der Waals surface area contributed by atoms with Crippen molar-refractivity contribution < 1.29 is 0 Å². The van der Waals surface area contributed by atoms with Crippen molar-refractivity contribution in [3.8, 4) is 0 Å². The van der Waals surface area contributed by atoms with Gasteiger partial charge in [-0.2, -0.15) is 16.4 Å². The Labute approximate surface area is 97.2 Å². The summed E-state index contributed by atoms with van der Waals surface area (Å²) in [5.74, 6) is 0. The van der Waals surface area contributed by atoms with Crippen molar-refractivity contribution >= 4 is 34.4 Å². The van der Waals surface area contributed by atoms with Crippen molar-refractivity contribution in [1.29, 1.82) is 0 Å². The zero-order chi connectivity index (χ0) is 10.8. The zero-order valence-corrected chi connectivity index (χ0v) is 9.37. The summed E-state index contributed by atoms with van der Waals surface area (Å²) in [6, 6.07) is 10.2. The van der Waals surface area contributed by atoms with Crippen molar-refractivity contribution in [2.75, 3.05) is 0 Å². The van der Waals surface area contributed by atoms with Gasteiger partial charge in [0, 0.05) is 5.39 Å². The van der Waals surface area contributed by atoms with E-state index in [0.29, 0.717) is 0 Å². The fraction of sp³-hybridized carbons (Fsp3) is 0. The van der Waals surface area contributed by atoms with Crippen LogP contribution in [-0.4, -0.2) is 10.2 Å². The second-order valence-corrected chi connectivity index (χ2v) is 4.32. The normalized spacial score (nSPS) is 11.5. The number of benzene rings is 1. The highest BCUT2D eigenvalue weighted by molar-refractivity contribution is 7.08. The lowest BCUT2D eigenvalue weighted by molar-refractivity contribution is 1.11. The van der Waals surface area contributed by atoms with Crippen molar-refractivity contribution in [3.63, 3.8) is 0 Å². The quantitative estimate of drug-likeness (QED) is 0.707. The molecule has 0 saturated carbocycles. The number of H-pyrrole nitrogens is 1. The number of nitrogens with one attached hydrogen (secondary N) is 1. The predicted molar refractivity (Wildman–Crippen MR) is 69.3 cm³/mol. The van der Waals surface area contributed by atoms with Crippen LogP contribution in [0.3, 0.4) is 0 Å². The van der Waals surface area contributed by atoms with E-state index in [2.05, 4.69) is 39.2 Å². The fourth-order valence-corrected chi connectivity index (χ4v) is 2.29. The van der Waals surface area contributed by atoms with Gasteiger partial charge in [0.1, 0.15) is 0 Å². The molecule has 2 aromatic heterocycles. The second-order valence-electron chi connectivity index (χ2n) is 3.54. The van der Waals surface area contributed by atoms with Crippen LogP contribution in [0.25, 0.3) is 23.1 Å². The number of aromatic amines is 1. The summed E-state index contributed by atoms with van der Waals surface area (Å²) < 4.78 is 0. The van der Waals surface area contributed by atoms with E-state index in [4.69, 9.17) is 0 Å². The van der Waals surface area contributed by atoms with Gasteiger partial charge in [0.05, 0.1) is 11.2 Å². The van der Waals surface area contributed by atoms with Gasteiger partial charge in [-0.15, -0.1) is 0 Å². The fourth-order valence-electron chi connectivity index (χ4n) is 1.66. The molecule has 0 atom stereocenters. The molecule has 0 aliphatic heterocycles. The Morgan fingerprint density at radius 1 is 1.12 bits per heavy atom. The highest BCUT2D eigenvalue weighted by Crippen LogP contribution is 2.18. The molecule has 16 heavy (non-hydrogen) atoms. The molecule has 2 nitrogen and oxygen atoms in total. The van der Waals surface area contributed by atoms with E-state index in [1.165, 1.54) is 5.56 Å². The standard InChI is InChI=1S/C13H10N2S/c1-2-4-12-11(3-1)13(15-14-12)6-5-10-7-8-16-9-10/h1-9H,(H,14,15). The van der Waals surface area contributed by atoms with Crippen LogP contribution < -0.4 is 0 Å². The number of thiophene rings is 1. The number of rotatable bonds is 2. The Bertz CT molecular complexity index is 620. The Balaban J connectivity index is 2.01. The van der Waals surface area contributed by atoms with Crippen LogP contribution >= 0.6 is 11.3 Å². The first-order chi connectivity index (χ1) is 7.93. The summed E-state index contributed by atoms with van der Waals surface area (Å²) in [7, 11) is 0. The van der Waals surface area contributed by atoms with E-state index in [0.717, 1.165) is 16.6 Å². The zero-order valence-electron chi connectivity index (χ0n) is 8.55. The Morgan fingerprint density at radius 3 is 2.94 bits per heavy atom. The third-order valence-corrected chi connectivity index (χ3v) is 3.18. The van der Waals surface area contributed by atoms with E-state index in [9.17, 15) is 0 Å². The molecule has 0 aliphatic rings. The maximum absolute atomic E-state index is 4.29. The summed E-state index contributed by atoms with van der Waals surface area (Å²) in [5, 5.41) is 12.7. The van der Waals surface area contributed by atoms with Crippen molar-refractivity contribution in [2.24, 2.45) is 0 Å². The number of para-hydroxylation sites is 1. The molecule has 3 aromatic rings. The van der Waals surface area contributed by atoms with Gasteiger partial charge in [-0.3, -0.25) is 5.10 Å². The third-order valence-electron chi connectivity index (χ3n) is 2.48. The molecule has 0 radical (unpaired) electrons. The lowest BCUT2D eigenvalue weighted by Gasteiger charge is -1.88. The monoisotopic (exact) mass is 226 g/mol. The molecule has 1 N–H and O–H groups in total. The van der Waals surface area contributed by atoms with Gasteiger partial charge in [0.15, 0.2) is 0 Å². The minimum atomic E-state index is 0.988. The summed E-state index contributed by atoms with van der Waals surface area (Å²) in [6.45, 7) is 0. The van der Waals surface area contributed by atoms with Gasteiger partial charge >= 0.3 is 0 Å². The minimum absolute atomic E-state index is 0.988. The summed E-state index contributed by atoms with van der Waals surface area (Å²) in [4.78, 5) is 0. The van der Waals surface area contributed by atoms with Crippen LogP contribution in [0, 0.1) is 0 Å². The topological polar surface area (TPSA) is 28.7 Å². The molecular formula is C13H10N2S. The SMILES string of the molecule is C(=Cc1n[nH]c2ccccc12)c1ccsc1. The molecule has 2 heterocycles. The number of aromatic nitrogens is 2. The Hall–Kier alpha value is -1.87. The van der Waals surface area contributed by atoms with E-state index in [-0.39, 0.29) is 0 Å². The van der Waals surface area contributed by atoms with Gasteiger partial charge in [-0.25, -0.2) is 0 Å². The van der Waals surface area contributed by atoms with E-state index < -0.39 is 0 Å². The first-order valence-corrected chi connectivity index (χ1v) is 6.01. The molecule has 0 fully saturated rings. The first kappa shape index (κ1) is 9.36. The smallest absolute Gasteiger partial charge is 0.0927 e. The average molecular weight is 226 g/mol. The van der Waals surface area contributed by atoms with Crippen molar-refractivity contribution in [1.82, 2.24) is 10.2 Å². The highest BCUT2D eigenvalue weighted by atomic mass is 32.1. The van der Waals surface area contributed by atoms with Crippen LogP contribution in [0.1, 0.15) is 11.3 Å². The molecule has 78 valence electrons. The van der Waals surface area contributed by atoms with Crippen LogP contribution in [0.5, 0.6) is 0 Å². The molecule has 0 amide bonds. The van der Waals surface area contributed by atoms with Gasteiger partial charge in [-0.1, -0.05) is 24.3 Å². The maximum Gasteiger partial charge on any atom is 0.0927 e. The van der Waals surface area contributed by atoms with Gasteiger partial charge < -0.3 is 0 Å². The number of fused-ring (bicyclic) bond motifs is 1. The molecule has 0 bridgehead atoms. The molecule has 0 unspecified atom stereocenters. The van der Waals surface area contributed by atoms with Gasteiger partial charge in [-0.05, 0) is 34.5 Å². The molecule has 0 spiro atoms. The molecule has 3 heteroatoms. The second kappa shape index (κ2) is 3.94. The predicted octanol–water partition coefficient (Wildman–Crippen LogP) is 3.79. The van der Waals surface area contributed by atoms with Crippen molar-refractivity contribution in [2.45, 2.75) is 0 Å². The minimum Gasteiger partial charge on any atom is -0.277 e. The summed E-state index contributed by atoms with van der Waals surface area (Å²) in [6.07, 6.45) is 4.12. The Morgan fingerprint density at radius 2 is 2.06 bits per heavy atom. The number of nitrogens with zero attached hydrogens (tertiary/aromatic N) is 1. The van der Waals surface area contributed by atoms with E-state index in [1.807, 2.05) is 24.3 Å². The Kier molecular flexibility index (Phi) is 2.31. The molecule has 0 aliphatic carbocycles. The van der Waals surface area contributed by atoms with Crippen LogP contribution in [0.2, 0.25) is 0 Å². The average Bonchev–Trinajstić information content (AvgIpc) is 2.96. The largest absolute Gasteiger partial charge is 0.277 e. The number of hydrogen-bond acceptors (Lipinski definition) is 2.